The average Bonchev–Trinajstić information content (AvgIpc) is 3.01. The highest BCUT2D eigenvalue weighted by Crippen LogP contribution is 2.35. The predicted octanol–water partition coefficient (Wildman–Crippen LogP) is 4.08. The summed E-state index contributed by atoms with van der Waals surface area (Å²) in [6, 6.07) is 4.73. The smallest absolute Gasteiger partial charge is 0.348 e. The Morgan fingerprint density at radius 3 is 2.66 bits per heavy atom. The van der Waals surface area contributed by atoms with Gasteiger partial charge in [-0.25, -0.2) is 19.2 Å². The zero-order chi connectivity index (χ0) is 21.1. The SMILES string of the molecule is CCOC(=O)c1sc2nc(CC(=O)OC)nc(Nc3ccc(C)c(F)c3)c2c1C. The number of carbonyl (C=O) groups excluding carboxylic acids is 2. The first-order valence-electron chi connectivity index (χ1n) is 8.91. The van der Waals surface area contributed by atoms with E-state index < -0.39 is 11.9 Å². The number of carbonyl (C=O) groups is 2. The van der Waals surface area contributed by atoms with Crippen molar-refractivity contribution >= 4 is 45.0 Å². The molecule has 3 aromatic rings. The molecule has 2 aromatic heterocycles. The molecule has 9 heteroatoms. The third kappa shape index (κ3) is 4.34. The van der Waals surface area contributed by atoms with E-state index in [1.165, 1.54) is 13.2 Å². The van der Waals surface area contributed by atoms with Gasteiger partial charge in [-0.1, -0.05) is 6.07 Å². The van der Waals surface area contributed by atoms with Gasteiger partial charge in [0.05, 0.1) is 19.1 Å². The van der Waals surface area contributed by atoms with E-state index in [9.17, 15) is 14.0 Å². The molecule has 0 saturated carbocycles. The fourth-order valence-electron chi connectivity index (χ4n) is 2.75. The maximum absolute atomic E-state index is 14.0. The van der Waals surface area contributed by atoms with E-state index in [4.69, 9.17) is 9.47 Å². The van der Waals surface area contributed by atoms with E-state index in [1.807, 2.05) is 0 Å². The molecule has 0 amide bonds. The fourth-order valence-corrected chi connectivity index (χ4v) is 3.85. The lowest BCUT2D eigenvalue weighted by Gasteiger charge is -2.10. The van der Waals surface area contributed by atoms with E-state index in [1.54, 1.807) is 32.9 Å². The van der Waals surface area contributed by atoms with E-state index >= 15 is 0 Å². The first-order chi connectivity index (χ1) is 13.8. The Bertz CT molecular complexity index is 1100. The van der Waals surface area contributed by atoms with Gasteiger partial charge in [-0.3, -0.25) is 4.79 Å². The number of halogens is 1. The number of aromatic nitrogens is 2. The van der Waals surface area contributed by atoms with Crippen LogP contribution < -0.4 is 5.32 Å². The van der Waals surface area contributed by atoms with Gasteiger partial charge in [0, 0.05) is 5.69 Å². The number of hydrogen-bond acceptors (Lipinski definition) is 8. The van der Waals surface area contributed by atoms with Crippen LogP contribution in [0, 0.1) is 19.7 Å². The molecule has 0 fully saturated rings. The number of nitrogens with zero attached hydrogens (tertiary/aromatic N) is 2. The minimum atomic E-state index is -0.490. The zero-order valence-corrected chi connectivity index (χ0v) is 17.3. The van der Waals surface area contributed by atoms with E-state index in [-0.39, 0.29) is 24.7 Å². The summed E-state index contributed by atoms with van der Waals surface area (Å²) < 4.78 is 23.8. The van der Waals surface area contributed by atoms with Crippen LogP contribution in [0.3, 0.4) is 0 Å². The number of aryl methyl sites for hydroxylation is 2. The van der Waals surface area contributed by atoms with Crippen molar-refractivity contribution in [3.05, 3.63) is 45.8 Å². The molecule has 0 aliphatic heterocycles. The third-order valence-corrected chi connectivity index (χ3v) is 5.43. The summed E-state index contributed by atoms with van der Waals surface area (Å²) in [6.07, 6.45) is -0.130. The maximum Gasteiger partial charge on any atom is 0.348 e. The van der Waals surface area contributed by atoms with Crippen LogP contribution in [0.4, 0.5) is 15.9 Å². The van der Waals surface area contributed by atoms with Crippen LogP contribution in [0.5, 0.6) is 0 Å². The van der Waals surface area contributed by atoms with Crippen molar-refractivity contribution in [3.8, 4) is 0 Å². The van der Waals surface area contributed by atoms with Crippen molar-refractivity contribution in [1.29, 1.82) is 0 Å². The van der Waals surface area contributed by atoms with Crippen LogP contribution in [-0.4, -0.2) is 35.6 Å². The number of rotatable bonds is 6. The number of fused-ring (bicyclic) bond motifs is 1. The van der Waals surface area contributed by atoms with Gasteiger partial charge in [-0.15, -0.1) is 11.3 Å². The van der Waals surface area contributed by atoms with Gasteiger partial charge in [0.1, 0.15) is 33.6 Å². The van der Waals surface area contributed by atoms with Gasteiger partial charge in [0.2, 0.25) is 0 Å². The van der Waals surface area contributed by atoms with Crippen LogP contribution >= 0.6 is 11.3 Å². The monoisotopic (exact) mass is 417 g/mol. The third-order valence-electron chi connectivity index (χ3n) is 4.26. The van der Waals surface area contributed by atoms with Gasteiger partial charge in [0.15, 0.2) is 0 Å². The fraction of sp³-hybridized carbons (Fsp3) is 0.300. The molecule has 0 bridgehead atoms. The van der Waals surface area contributed by atoms with E-state index in [0.717, 1.165) is 11.3 Å². The molecule has 152 valence electrons. The summed E-state index contributed by atoms with van der Waals surface area (Å²) in [4.78, 5) is 33.7. The van der Waals surface area contributed by atoms with Crippen molar-refractivity contribution in [2.75, 3.05) is 19.0 Å². The Hall–Kier alpha value is -3.07. The highest BCUT2D eigenvalue weighted by atomic mass is 32.1. The Labute approximate surface area is 170 Å². The molecule has 3 rings (SSSR count). The number of esters is 2. The first kappa shape index (κ1) is 20.7. The van der Waals surface area contributed by atoms with Crippen LogP contribution in [0.2, 0.25) is 0 Å². The van der Waals surface area contributed by atoms with Crippen molar-refractivity contribution in [3.63, 3.8) is 0 Å². The van der Waals surface area contributed by atoms with Gasteiger partial charge >= 0.3 is 11.9 Å². The summed E-state index contributed by atoms with van der Waals surface area (Å²) in [6.45, 7) is 5.42. The molecule has 0 unspecified atom stereocenters. The van der Waals surface area contributed by atoms with Crippen LogP contribution in [0.25, 0.3) is 10.2 Å². The van der Waals surface area contributed by atoms with E-state index in [2.05, 4.69) is 15.3 Å². The van der Waals surface area contributed by atoms with Crippen molar-refractivity contribution in [1.82, 2.24) is 9.97 Å². The van der Waals surface area contributed by atoms with Crippen molar-refractivity contribution < 1.29 is 23.5 Å². The zero-order valence-electron chi connectivity index (χ0n) is 16.5. The number of anilines is 2. The molecular formula is C20H20FN3O4S. The molecule has 0 aliphatic rings. The Kier molecular flexibility index (Phi) is 6.07. The number of methoxy groups -OCH3 is 1. The van der Waals surface area contributed by atoms with E-state index in [0.29, 0.717) is 37.7 Å². The Morgan fingerprint density at radius 1 is 1.24 bits per heavy atom. The van der Waals surface area contributed by atoms with Crippen LogP contribution in [-0.2, 0) is 20.7 Å². The van der Waals surface area contributed by atoms with Gasteiger partial charge in [-0.2, -0.15) is 0 Å². The topological polar surface area (TPSA) is 90.4 Å². The second-order valence-corrected chi connectivity index (χ2v) is 7.29. The molecule has 0 spiro atoms. The molecule has 0 saturated heterocycles. The lowest BCUT2D eigenvalue weighted by Crippen LogP contribution is -2.09. The molecule has 29 heavy (non-hydrogen) atoms. The number of ether oxygens (including phenoxy) is 2. The van der Waals surface area contributed by atoms with Gasteiger partial charge in [-0.05, 0) is 44.0 Å². The normalized spacial score (nSPS) is 10.8. The first-order valence-corrected chi connectivity index (χ1v) is 9.72. The molecule has 1 N–H and O–H groups in total. The maximum atomic E-state index is 14.0. The number of nitrogens with one attached hydrogen (secondary N) is 1. The van der Waals surface area contributed by atoms with Gasteiger partial charge < -0.3 is 14.8 Å². The average molecular weight is 417 g/mol. The van der Waals surface area contributed by atoms with Crippen LogP contribution in [0.1, 0.15) is 33.5 Å². The van der Waals surface area contributed by atoms with Crippen LogP contribution in [0.15, 0.2) is 18.2 Å². The quantitative estimate of drug-likeness (QED) is 0.604. The van der Waals surface area contributed by atoms with Crippen molar-refractivity contribution in [2.24, 2.45) is 0 Å². The molecule has 0 radical (unpaired) electrons. The minimum Gasteiger partial charge on any atom is -0.469 e. The minimum absolute atomic E-state index is 0.130. The Balaban J connectivity index is 2.13. The highest BCUT2D eigenvalue weighted by molar-refractivity contribution is 7.20. The highest BCUT2D eigenvalue weighted by Gasteiger charge is 2.22. The largest absolute Gasteiger partial charge is 0.469 e. The molecule has 2 heterocycles. The molecule has 0 atom stereocenters. The second-order valence-electron chi connectivity index (χ2n) is 6.29. The molecule has 0 aliphatic carbocycles. The number of benzene rings is 1. The molecule has 1 aromatic carbocycles. The lowest BCUT2D eigenvalue weighted by atomic mass is 10.2. The number of hydrogen-bond donors (Lipinski definition) is 1. The summed E-state index contributed by atoms with van der Waals surface area (Å²) in [5, 5.41) is 3.70. The summed E-state index contributed by atoms with van der Waals surface area (Å²) in [5.74, 6) is -0.688. The summed E-state index contributed by atoms with van der Waals surface area (Å²) >= 11 is 1.16. The van der Waals surface area contributed by atoms with Gasteiger partial charge in [0.25, 0.3) is 0 Å². The second kappa shape index (κ2) is 8.52. The Morgan fingerprint density at radius 2 is 2.00 bits per heavy atom. The molecular weight excluding hydrogens is 397 g/mol. The lowest BCUT2D eigenvalue weighted by molar-refractivity contribution is -0.139. The molecule has 7 nitrogen and oxygen atoms in total. The predicted molar refractivity (Wildman–Crippen MR) is 108 cm³/mol. The summed E-state index contributed by atoms with van der Waals surface area (Å²) in [5.41, 5.74) is 1.66. The summed E-state index contributed by atoms with van der Waals surface area (Å²) in [7, 11) is 1.28. The van der Waals surface area contributed by atoms with Crippen molar-refractivity contribution in [2.45, 2.75) is 27.2 Å². The number of thiophene rings is 1. The standard InChI is InChI=1S/C20H20FN3O4S/c1-5-28-20(26)17-11(3)16-18(22-12-7-6-10(2)13(21)8-12)23-14(9-15(25)27-4)24-19(16)29-17/h6-8H,5,9H2,1-4H3,(H,22,23,24).